The Balaban J connectivity index is 1.07. The highest BCUT2D eigenvalue weighted by atomic mass is 32.2. The number of rotatable bonds is 6. The fraction of sp³-hybridized carbons (Fsp3) is 0.100. The molecular formula is C80H60BN3OS. The van der Waals surface area contributed by atoms with Crippen molar-refractivity contribution in [1.29, 1.82) is 0 Å². The van der Waals surface area contributed by atoms with Gasteiger partial charge in [-0.15, -0.1) is 0 Å². The van der Waals surface area contributed by atoms with Gasteiger partial charge in [-0.3, -0.25) is 0 Å². The summed E-state index contributed by atoms with van der Waals surface area (Å²) in [6.07, 6.45) is 0. The van der Waals surface area contributed by atoms with Crippen LogP contribution in [0.3, 0.4) is 0 Å². The van der Waals surface area contributed by atoms with Crippen LogP contribution in [0.1, 0.15) is 63.6 Å². The van der Waals surface area contributed by atoms with Crippen LogP contribution < -0.4 is 21.3 Å². The summed E-state index contributed by atoms with van der Waals surface area (Å²) in [6, 6.07) is 69.9. The summed E-state index contributed by atoms with van der Waals surface area (Å²) in [6.45, 7) is 13.1. The van der Waals surface area contributed by atoms with E-state index in [1.807, 2.05) is 36.4 Å². The zero-order chi connectivity index (χ0) is 64.7. The van der Waals surface area contributed by atoms with Crippen molar-refractivity contribution in [3.05, 3.63) is 266 Å². The van der Waals surface area contributed by atoms with E-state index in [2.05, 4.69) is 221 Å². The molecule has 0 N–H and O–H groups in total. The predicted octanol–water partition coefficient (Wildman–Crippen LogP) is 20.1. The molecule has 12 aromatic carbocycles. The van der Waals surface area contributed by atoms with Gasteiger partial charge in [-0.25, -0.2) is 0 Å². The Morgan fingerprint density at radius 2 is 0.965 bits per heavy atom. The van der Waals surface area contributed by atoms with Crippen LogP contribution in [0, 0.1) is 0 Å². The quantitative estimate of drug-likeness (QED) is 0.155. The number of hydrogen-bond acceptors (Lipinski definition) is 3. The summed E-state index contributed by atoms with van der Waals surface area (Å²) in [5.74, 6) is 0. The maximum Gasteiger partial charge on any atom is 0.249 e. The number of hydrogen-bond donors (Lipinski definition) is 0. The van der Waals surface area contributed by atoms with Gasteiger partial charge in [0.2, 0.25) is 6.71 Å². The van der Waals surface area contributed by atoms with Crippen LogP contribution in [0.15, 0.2) is 269 Å². The molecule has 4 nitrogen and oxygen atoms in total. The third-order valence-corrected chi connectivity index (χ3v) is 19.1. The molecule has 0 bridgehead atoms. The minimum Gasteiger partial charge on any atom is -0.455 e. The minimum absolute atomic E-state index is 0.0138. The lowest BCUT2D eigenvalue weighted by Gasteiger charge is -2.42. The predicted molar refractivity (Wildman–Crippen MR) is 366 cm³/mol. The molecule has 17 rings (SSSR count). The molecule has 5 heterocycles. The molecule has 6 heteroatoms. The Bertz CT molecular complexity index is 5580. The molecule has 15 aromatic rings. The third kappa shape index (κ3) is 7.65. The summed E-state index contributed by atoms with van der Waals surface area (Å²) in [7, 11) is 0. The van der Waals surface area contributed by atoms with Gasteiger partial charge < -0.3 is 18.5 Å². The van der Waals surface area contributed by atoms with Gasteiger partial charge in [-0.05, 0) is 122 Å². The van der Waals surface area contributed by atoms with E-state index in [9.17, 15) is 5.48 Å². The lowest BCUT2D eigenvalue weighted by atomic mass is 9.34. The second-order valence-electron chi connectivity index (χ2n) is 25.0. The Kier molecular flexibility index (Phi) is 9.43. The van der Waals surface area contributed by atoms with Gasteiger partial charge in [0.15, 0.2) is 0 Å². The second-order valence-corrected chi connectivity index (χ2v) is 26.1. The highest BCUT2D eigenvalue weighted by molar-refractivity contribution is 8.00. The molecule has 0 spiro atoms. The van der Waals surface area contributed by atoms with Crippen molar-refractivity contribution in [2.45, 2.75) is 62.2 Å². The molecule has 2 aliphatic heterocycles. The number of benzene rings is 12. The van der Waals surface area contributed by atoms with Crippen LogP contribution in [0.4, 0.5) is 17.1 Å². The topological polar surface area (TPSA) is 26.2 Å². The van der Waals surface area contributed by atoms with E-state index in [0.717, 1.165) is 126 Å². The first kappa shape index (κ1) is 43.0. The molecule has 0 fully saturated rings. The zero-order valence-corrected chi connectivity index (χ0v) is 49.2. The van der Waals surface area contributed by atoms with E-state index in [1.54, 1.807) is 16.3 Å². The molecule has 0 amide bonds. The van der Waals surface area contributed by atoms with Gasteiger partial charge >= 0.3 is 0 Å². The molecule has 0 aliphatic carbocycles. The van der Waals surface area contributed by atoms with Gasteiger partial charge in [0, 0.05) is 71.1 Å². The Morgan fingerprint density at radius 1 is 0.430 bits per heavy atom. The van der Waals surface area contributed by atoms with Crippen molar-refractivity contribution in [2.24, 2.45) is 0 Å². The number of aromatic nitrogens is 2. The molecule has 3 aromatic heterocycles. The Labute approximate surface area is 516 Å². The van der Waals surface area contributed by atoms with Crippen LogP contribution in [-0.2, 0) is 10.8 Å². The Hall–Kier alpha value is -9.75. The minimum atomic E-state index is -0.496. The van der Waals surface area contributed by atoms with E-state index in [0.29, 0.717) is 5.69 Å². The second kappa shape index (κ2) is 18.9. The normalized spacial score (nSPS) is 14.4. The van der Waals surface area contributed by atoms with Gasteiger partial charge in [-0.2, -0.15) is 0 Å². The van der Waals surface area contributed by atoms with Crippen molar-refractivity contribution in [3.63, 3.8) is 0 Å². The summed E-state index contributed by atoms with van der Waals surface area (Å²) in [5.41, 5.74) is 19.0. The van der Waals surface area contributed by atoms with E-state index < -0.39 is 30.9 Å². The lowest BCUT2D eigenvalue weighted by Crippen LogP contribution is -2.60. The molecule has 0 atom stereocenters. The summed E-state index contributed by atoms with van der Waals surface area (Å²) >= 11 is 1.74. The van der Waals surface area contributed by atoms with E-state index in [-0.39, 0.29) is 56.8 Å². The van der Waals surface area contributed by atoms with Crippen molar-refractivity contribution in [1.82, 2.24) is 9.13 Å². The van der Waals surface area contributed by atoms with Gasteiger partial charge in [-0.1, -0.05) is 247 Å². The number of furan rings is 1. The molecule has 2 aliphatic rings. The molecule has 0 unspecified atom stereocenters. The summed E-state index contributed by atoms with van der Waals surface area (Å²) in [5, 5.41) is 4.38. The van der Waals surface area contributed by atoms with E-state index >= 15 is 0 Å². The van der Waals surface area contributed by atoms with Crippen LogP contribution in [0.2, 0.25) is 0 Å². The maximum atomic E-state index is 9.71. The van der Waals surface area contributed by atoms with Crippen molar-refractivity contribution >= 4 is 117 Å². The monoisotopic (exact) mass is 1130 g/mol. The van der Waals surface area contributed by atoms with Crippen molar-refractivity contribution < 1.29 is 15.4 Å². The van der Waals surface area contributed by atoms with Crippen LogP contribution >= 0.6 is 11.8 Å². The highest BCUT2D eigenvalue weighted by Gasteiger charge is 2.44. The first-order chi connectivity index (χ1) is 45.3. The average Bonchev–Trinajstić information content (AvgIpc) is 1.14. The van der Waals surface area contributed by atoms with Crippen LogP contribution in [0.25, 0.3) is 110 Å². The first-order valence-electron chi connectivity index (χ1n) is 33.4. The summed E-state index contributed by atoms with van der Waals surface area (Å²) in [4.78, 5) is 4.44. The maximum absolute atomic E-state index is 9.71. The lowest BCUT2D eigenvalue weighted by molar-refractivity contribution is 0.590. The fourth-order valence-electron chi connectivity index (χ4n) is 13.8. The summed E-state index contributed by atoms with van der Waals surface area (Å²) < 4.78 is 85.9. The van der Waals surface area contributed by atoms with Crippen molar-refractivity contribution in [3.8, 4) is 44.8 Å². The number of fused-ring (bicyclic) bond motifs is 14. The Morgan fingerprint density at radius 3 is 1.56 bits per heavy atom. The number of anilines is 3. The smallest absolute Gasteiger partial charge is 0.249 e. The van der Waals surface area contributed by atoms with E-state index in [4.69, 9.17) is 9.90 Å². The third-order valence-electron chi connectivity index (χ3n) is 17.9. The van der Waals surface area contributed by atoms with Crippen LogP contribution in [0.5, 0.6) is 0 Å². The first-order valence-corrected chi connectivity index (χ1v) is 30.3. The van der Waals surface area contributed by atoms with E-state index in [1.165, 1.54) is 11.1 Å². The number of para-hydroxylation sites is 4. The van der Waals surface area contributed by atoms with Gasteiger partial charge in [0.25, 0.3) is 0 Å². The molecule has 0 saturated carbocycles. The fourth-order valence-corrected chi connectivity index (χ4v) is 15.1. The van der Waals surface area contributed by atoms with Crippen molar-refractivity contribution in [2.75, 3.05) is 4.90 Å². The average molecular weight is 1130 g/mol. The molecule has 0 saturated heterocycles. The molecule has 0 radical (unpaired) electrons. The SMILES string of the molecule is [2H]c1c([2H])c([2H])c2c(c1[2H])c1c([2H])c([2H])c([2H])c([2H])c1n2-c1ccc2c(c1)N(c1c(-c3ccccc3)cccc1-c1ccccc1)c1cc(-n3c4ccc(C(C)(C)C)cc4c4cc(C(C)(C)C)ccc43)cc3c1B2c1cc(-c2ccccc2)c2c(oc4ccccc42)c1S3. The number of nitrogens with zero attached hydrogens (tertiary/aromatic N) is 3. The van der Waals surface area contributed by atoms with Gasteiger partial charge in [0.1, 0.15) is 11.2 Å². The molecule has 86 heavy (non-hydrogen) atoms. The van der Waals surface area contributed by atoms with Gasteiger partial charge in [0.05, 0.1) is 43.6 Å². The molecule has 410 valence electrons. The zero-order valence-electron chi connectivity index (χ0n) is 56.4. The standard InChI is InChI=1S/C80H60BN3OS/c1-79(2,3)52-37-41-68-62(43-52)63-44-53(80(4,5)6)38-42-69(63)83(68)55-46-71-75-73(47-55)86-78-65(48-61(51-27-14-9-15-28-51)74-60-31-18-21-36-72(60)85-77(74)78)81(75)64-40-39-54(82-66-34-19-16-29-58(66)59-30-17-20-35-67(59)82)45-70(64)84(71)76-56(49-23-10-7-11-24-49)32-22-33-57(76)50-25-12-8-13-26-50/h7-48H,1-6H3/i16D,17D,19D,20D,29D,30D,34D,35D. The largest absolute Gasteiger partial charge is 0.455 e. The highest BCUT2D eigenvalue weighted by Crippen LogP contribution is 2.53. The molecular weight excluding hydrogens is 1060 g/mol. The van der Waals surface area contributed by atoms with Crippen LogP contribution in [-0.4, -0.2) is 15.8 Å².